The fourth-order valence-corrected chi connectivity index (χ4v) is 2.49. The molecule has 7 heteroatoms. The second-order valence-corrected chi connectivity index (χ2v) is 5.39. The van der Waals surface area contributed by atoms with E-state index in [-0.39, 0.29) is 16.9 Å². The predicted molar refractivity (Wildman–Crippen MR) is 79.6 cm³/mol. The summed E-state index contributed by atoms with van der Waals surface area (Å²) in [5.74, 6) is 0.560. The monoisotopic (exact) mass is 334 g/mol. The van der Waals surface area contributed by atoms with Gasteiger partial charge in [-0.25, -0.2) is 9.97 Å². The van der Waals surface area contributed by atoms with Gasteiger partial charge in [-0.15, -0.1) is 0 Å². The van der Waals surface area contributed by atoms with E-state index in [4.69, 9.17) is 39.5 Å². The van der Waals surface area contributed by atoms with E-state index in [1.54, 1.807) is 12.1 Å². The molecule has 1 heterocycles. The van der Waals surface area contributed by atoms with Gasteiger partial charge in [-0.05, 0) is 18.4 Å². The summed E-state index contributed by atoms with van der Waals surface area (Å²) >= 11 is 19.5. The molecule has 0 bridgehead atoms. The summed E-state index contributed by atoms with van der Waals surface area (Å²) in [7, 11) is 0. The van der Waals surface area contributed by atoms with Crippen LogP contribution in [0.3, 0.4) is 0 Å². The largest absolute Gasteiger partial charge is 0.487 e. The average Bonchev–Trinajstić information content (AvgIpc) is 2.39. The van der Waals surface area contributed by atoms with Crippen LogP contribution in [0, 0.1) is 0 Å². The fourth-order valence-electron chi connectivity index (χ4n) is 1.34. The Labute approximate surface area is 130 Å². The van der Waals surface area contributed by atoms with E-state index < -0.39 is 0 Å². The number of ether oxygens (including phenoxy) is 1. The Morgan fingerprint density at radius 1 is 1.11 bits per heavy atom. The van der Waals surface area contributed by atoms with Gasteiger partial charge in [-0.1, -0.05) is 58.7 Å². The van der Waals surface area contributed by atoms with Crippen molar-refractivity contribution < 1.29 is 4.74 Å². The van der Waals surface area contributed by atoms with Crippen molar-refractivity contribution in [2.45, 2.75) is 11.8 Å². The van der Waals surface area contributed by atoms with E-state index in [2.05, 4.69) is 9.97 Å². The van der Waals surface area contributed by atoms with Gasteiger partial charge >= 0.3 is 0 Å². The molecule has 0 aliphatic heterocycles. The number of rotatable bonds is 4. The van der Waals surface area contributed by atoms with Crippen molar-refractivity contribution in [3.8, 4) is 5.75 Å². The molecule has 0 aliphatic rings. The number of thioether (sulfide) groups is 1. The van der Waals surface area contributed by atoms with Crippen molar-refractivity contribution >= 4 is 46.6 Å². The molecule has 0 atom stereocenters. The third-order valence-corrected chi connectivity index (χ3v) is 3.76. The quantitative estimate of drug-likeness (QED) is 0.459. The molecular formula is C12H9Cl3N2OS. The second-order valence-electron chi connectivity index (χ2n) is 3.49. The van der Waals surface area contributed by atoms with Crippen LogP contribution >= 0.6 is 46.6 Å². The predicted octanol–water partition coefficient (Wildman–Crippen LogP) is 4.74. The summed E-state index contributed by atoms with van der Waals surface area (Å²) in [5.41, 5.74) is 0.543. The minimum Gasteiger partial charge on any atom is -0.487 e. The molecule has 2 rings (SSSR count). The maximum absolute atomic E-state index is 6.06. The Kier molecular flexibility index (Phi) is 5.16. The number of benzene rings is 1. The Morgan fingerprint density at radius 2 is 1.74 bits per heavy atom. The number of hydrogen-bond donors (Lipinski definition) is 0. The first kappa shape index (κ1) is 14.7. The molecule has 100 valence electrons. The summed E-state index contributed by atoms with van der Waals surface area (Å²) in [6, 6.07) is 7.16. The van der Waals surface area contributed by atoms with Gasteiger partial charge in [0.2, 0.25) is 0 Å². The smallest absolute Gasteiger partial charge is 0.190 e. The highest BCUT2D eigenvalue weighted by molar-refractivity contribution is 7.98. The van der Waals surface area contributed by atoms with Crippen molar-refractivity contribution in [1.29, 1.82) is 0 Å². The molecule has 0 spiro atoms. The molecule has 19 heavy (non-hydrogen) atoms. The summed E-state index contributed by atoms with van der Waals surface area (Å²) in [4.78, 5) is 8.21. The molecule has 0 saturated carbocycles. The van der Waals surface area contributed by atoms with Gasteiger partial charge in [0.1, 0.15) is 22.7 Å². The van der Waals surface area contributed by atoms with Crippen LogP contribution in [0.2, 0.25) is 15.3 Å². The summed E-state index contributed by atoms with van der Waals surface area (Å²) in [5, 5.41) is 1.63. The molecule has 0 aliphatic carbocycles. The maximum atomic E-state index is 6.06. The third kappa shape index (κ3) is 3.66. The van der Waals surface area contributed by atoms with Gasteiger partial charge < -0.3 is 4.74 Å². The van der Waals surface area contributed by atoms with Crippen LogP contribution in [0.5, 0.6) is 5.75 Å². The lowest BCUT2D eigenvalue weighted by Crippen LogP contribution is -2.02. The number of nitrogens with zero attached hydrogens (tertiary/aromatic N) is 2. The molecular weight excluding hydrogens is 327 g/mol. The van der Waals surface area contributed by atoms with Crippen molar-refractivity contribution in [1.82, 2.24) is 9.97 Å². The van der Waals surface area contributed by atoms with Crippen LogP contribution in [0.4, 0.5) is 0 Å². The Bertz CT molecular complexity index is 572. The topological polar surface area (TPSA) is 35.0 Å². The summed E-state index contributed by atoms with van der Waals surface area (Å²) in [6.07, 6.45) is 1.85. The Balaban J connectivity index is 2.18. The molecule has 3 nitrogen and oxygen atoms in total. The highest BCUT2D eigenvalue weighted by Gasteiger charge is 2.12. The minimum absolute atomic E-state index is 0.163. The molecule has 1 aromatic carbocycles. The zero-order valence-electron chi connectivity index (χ0n) is 9.86. The Morgan fingerprint density at radius 3 is 2.32 bits per heavy atom. The lowest BCUT2D eigenvalue weighted by molar-refractivity contribution is 0.305. The van der Waals surface area contributed by atoms with Crippen LogP contribution in [0.25, 0.3) is 0 Å². The zero-order chi connectivity index (χ0) is 13.8. The van der Waals surface area contributed by atoms with Crippen LogP contribution in [-0.4, -0.2) is 16.2 Å². The van der Waals surface area contributed by atoms with Gasteiger partial charge in [-0.3, -0.25) is 0 Å². The van der Waals surface area contributed by atoms with Crippen LogP contribution in [0.15, 0.2) is 29.4 Å². The highest BCUT2D eigenvalue weighted by atomic mass is 35.5. The lowest BCUT2D eigenvalue weighted by Gasteiger charge is -2.10. The summed E-state index contributed by atoms with van der Waals surface area (Å²) < 4.78 is 5.57. The van der Waals surface area contributed by atoms with E-state index in [1.165, 1.54) is 11.8 Å². The Hall–Kier alpha value is -0.680. The van der Waals surface area contributed by atoms with Crippen molar-refractivity contribution in [3.05, 3.63) is 45.2 Å². The van der Waals surface area contributed by atoms with Gasteiger partial charge in [0.05, 0.1) is 10.6 Å². The lowest BCUT2D eigenvalue weighted by atomic mass is 10.3. The molecule has 2 aromatic rings. The number of halogens is 3. The highest BCUT2D eigenvalue weighted by Crippen LogP contribution is 2.28. The van der Waals surface area contributed by atoms with Gasteiger partial charge in [0.15, 0.2) is 5.16 Å². The number of aromatic nitrogens is 2. The van der Waals surface area contributed by atoms with Gasteiger partial charge in [0, 0.05) is 0 Å². The SMILES string of the molecule is CSc1nc(Cl)c(COc2ccccc2Cl)c(Cl)n1. The first-order valence-corrected chi connectivity index (χ1v) is 7.61. The zero-order valence-corrected chi connectivity index (χ0v) is 12.9. The fraction of sp³-hybridized carbons (Fsp3) is 0.167. The first-order chi connectivity index (χ1) is 9.11. The molecule has 0 N–H and O–H groups in total. The molecule has 0 saturated heterocycles. The van der Waals surface area contributed by atoms with E-state index in [9.17, 15) is 0 Å². The first-order valence-electron chi connectivity index (χ1n) is 5.25. The van der Waals surface area contributed by atoms with Crippen molar-refractivity contribution in [2.24, 2.45) is 0 Å². The third-order valence-electron chi connectivity index (χ3n) is 2.28. The molecule has 0 amide bonds. The van der Waals surface area contributed by atoms with E-state index in [0.29, 0.717) is 21.5 Å². The summed E-state index contributed by atoms with van der Waals surface area (Å²) in [6.45, 7) is 0.163. The molecule has 0 radical (unpaired) electrons. The van der Waals surface area contributed by atoms with E-state index >= 15 is 0 Å². The van der Waals surface area contributed by atoms with Crippen LogP contribution in [-0.2, 0) is 6.61 Å². The number of para-hydroxylation sites is 1. The molecule has 0 fully saturated rings. The van der Waals surface area contributed by atoms with E-state index in [0.717, 1.165) is 0 Å². The van der Waals surface area contributed by atoms with Gasteiger partial charge in [-0.2, -0.15) is 0 Å². The van der Waals surface area contributed by atoms with Crippen molar-refractivity contribution in [3.63, 3.8) is 0 Å². The average molecular weight is 336 g/mol. The number of hydrogen-bond acceptors (Lipinski definition) is 4. The standard InChI is InChI=1S/C12H9Cl3N2OS/c1-19-12-16-10(14)7(11(15)17-12)6-18-9-5-3-2-4-8(9)13/h2-5H,6H2,1H3. The second kappa shape index (κ2) is 6.66. The van der Waals surface area contributed by atoms with Crippen LogP contribution < -0.4 is 4.74 Å². The normalized spacial score (nSPS) is 10.5. The molecule has 1 aromatic heterocycles. The van der Waals surface area contributed by atoms with Crippen molar-refractivity contribution in [2.75, 3.05) is 6.26 Å². The maximum Gasteiger partial charge on any atom is 0.190 e. The minimum atomic E-state index is 0.163. The van der Waals surface area contributed by atoms with E-state index in [1.807, 2.05) is 18.4 Å². The van der Waals surface area contributed by atoms with Gasteiger partial charge in [0.25, 0.3) is 0 Å². The van der Waals surface area contributed by atoms with Crippen LogP contribution in [0.1, 0.15) is 5.56 Å². The molecule has 0 unspecified atom stereocenters.